The van der Waals surface area contributed by atoms with Crippen molar-refractivity contribution >= 4 is 5.91 Å². The number of hydrogen-bond acceptors (Lipinski definition) is 4. The molecule has 1 atom stereocenters. The van der Waals surface area contributed by atoms with Gasteiger partial charge in [-0.2, -0.15) is 5.26 Å². The number of nitrogens with zero attached hydrogens (tertiary/aromatic N) is 3. The highest BCUT2D eigenvalue weighted by Gasteiger charge is 2.23. The van der Waals surface area contributed by atoms with E-state index in [1.165, 1.54) is 0 Å². The van der Waals surface area contributed by atoms with E-state index in [1.54, 1.807) is 31.1 Å². The topological polar surface area (TPSA) is 67.6 Å². The summed E-state index contributed by atoms with van der Waals surface area (Å²) in [5.74, 6) is 0.647. The SMILES string of the molecule is CN(C)C(=O)CC1CCN(CC(O)c2ccc(C#N)cc2)CC1. The minimum absolute atomic E-state index is 0.195. The van der Waals surface area contributed by atoms with Crippen molar-refractivity contribution in [2.24, 2.45) is 5.92 Å². The van der Waals surface area contributed by atoms with E-state index in [-0.39, 0.29) is 5.91 Å². The van der Waals surface area contributed by atoms with Gasteiger partial charge in [0.1, 0.15) is 0 Å². The summed E-state index contributed by atoms with van der Waals surface area (Å²) in [4.78, 5) is 15.7. The van der Waals surface area contributed by atoms with Gasteiger partial charge in [0, 0.05) is 27.1 Å². The Balaban J connectivity index is 1.79. The summed E-state index contributed by atoms with van der Waals surface area (Å²) in [6, 6.07) is 9.17. The van der Waals surface area contributed by atoms with Gasteiger partial charge in [0.05, 0.1) is 17.7 Å². The van der Waals surface area contributed by atoms with Crippen molar-refractivity contribution in [2.75, 3.05) is 33.7 Å². The number of amides is 1. The van der Waals surface area contributed by atoms with E-state index in [0.29, 0.717) is 24.4 Å². The van der Waals surface area contributed by atoms with Crippen LogP contribution in [0.15, 0.2) is 24.3 Å². The summed E-state index contributed by atoms with van der Waals surface area (Å²) >= 11 is 0. The van der Waals surface area contributed by atoms with Crippen LogP contribution in [0.2, 0.25) is 0 Å². The molecule has 0 bridgehead atoms. The number of aliphatic hydroxyl groups is 1. The van der Waals surface area contributed by atoms with Crippen molar-refractivity contribution in [3.8, 4) is 6.07 Å². The molecule has 23 heavy (non-hydrogen) atoms. The van der Waals surface area contributed by atoms with E-state index in [4.69, 9.17) is 5.26 Å². The third kappa shape index (κ3) is 5.05. The predicted molar refractivity (Wildman–Crippen MR) is 88.6 cm³/mol. The second-order valence-electron chi connectivity index (χ2n) is 6.49. The van der Waals surface area contributed by atoms with Crippen LogP contribution < -0.4 is 0 Å². The summed E-state index contributed by atoms with van der Waals surface area (Å²) in [7, 11) is 3.59. The molecule has 0 aliphatic carbocycles. The van der Waals surface area contributed by atoms with Crippen LogP contribution in [0.3, 0.4) is 0 Å². The molecule has 5 heteroatoms. The highest BCUT2D eigenvalue weighted by Crippen LogP contribution is 2.23. The van der Waals surface area contributed by atoms with Crippen molar-refractivity contribution in [3.05, 3.63) is 35.4 Å². The van der Waals surface area contributed by atoms with E-state index < -0.39 is 6.10 Å². The van der Waals surface area contributed by atoms with Gasteiger partial charge >= 0.3 is 0 Å². The molecule has 1 aliphatic heterocycles. The molecule has 0 spiro atoms. The van der Waals surface area contributed by atoms with Gasteiger partial charge in [-0.15, -0.1) is 0 Å². The number of piperidine rings is 1. The van der Waals surface area contributed by atoms with Crippen LogP contribution in [-0.4, -0.2) is 54.5 Å². The number of nitriles is 1. The van der Waals surface area contributed by atoms with Gasteiger partial charge in [-0.1, -0.05) is 12.1 Å². The molecule has 0 aromatic heterocycles. The Morgan fingerprint density at radius 3 is 2.48 bits per heavy atom. The maximum Gasteiger partial charge on any atom is 0.222 e. The minimum atomic E-state index is -0.539. The number of rotatable bonds is 5. The fraction of sp³-hybridized carbons (Fsp3) is 0.556. The zero-order valence-corrected chi connectivity index (χ0v) is 13.9. The van der Waals surface area contributed by atoms with E-state index in [1.807, 2.05) is 12.1 Å². The lowest BCUT2D eigenvalue weighted by Crippen LogP contribution is -2.38. The molecule has 1 unspecified atom stereocenters. The van der Waals surface area contributed by atoms with Gasteiger partial charge in [0.25, 0.3) is 0 Å². The Hall–Kier alpha value is -1.90. The second kappa shape index (κ2) is 8.09. The van der Waals surface area contributed by atoms with Crippen LogP contribution in [0.5, 0.6) is 0 Å². The van der Waals surface area contributed by atoms with Crippen molar-refractivity contribution in [3.63, 3.8) is 0 Å². The second-order valence-corrected chi connectivity index (χ2v) is 6.49. The molecule has 0 saturated carbocycles. The number of likely N-dealkylation sites (tertiary alicyclic amines) is 1. The van der Waals surface area contributed by atoms with Crippen molar-refractivity contribution in [2.45, 2.75) is 25.4 Å². The van der Waals surface area contributed by atoms with Crippen molar-refractivity contribution < 1.29 is 9.90 Å². The molecule has 0 radical (unpaired) electrons. The summed E-state index contributed by atoms with van der Waals surface area (Å²) in [6.45, 7) is 2.43. The Kier molecular flexibility index (Phi) is 6.14. The lowest BCUT2D eigenvalue weighted by atomic mass is 9.92. The monoisotopic (exact) mass is 315 g/mol. The third-order valence-electron chi connectivity index (χ3n) is 4.52. The van der Waals surface area contributed by atoms with E-state index in [9.17, 15) is 9.90 Å². The molecule has 1 N–H and O–H groups in total. The Labute approximate surface area is 138 Å². The standard InChI is InChI=1S/C18H25N3O2/c1-20(2)18(23)11-14-7-9-21(10-8-14)13-17(22)16-5-3-15(12-19)4-6-16/h3-6,14,17,22H,7-11,13H2,1-2H3. The minimum Gasteiger partial charge on any atom is -0.387 e. The summed E-state index contributed by atoms with van der Waals surface area (Å²) in [6.07, 6.45) is 2.08. The van der Waals surface area contributed by atoms with Crippen LogP contribution >= 0.6 is 0 Å². The molecule has 1 amide bonds. The quantitative estimate of drug-likeness (QED) is 0.899. The Bertz CT molecular complexity index is 555. The van der Waals surface area contributed by atoms with E-state index in [2.05, 4.69) is 11.0 Å². The molecule has 1 aromatic rings. The van der Waals surface area contributed by atoms with Crippen LogP contribution in [-0.2, 0) is 4.79 Å². The number of carbonyl (C=O) groups is 1. The van der Waals surface area contributed by atoms with Crippen molar-refractivity contribution in [1.29, 1.82) is 5.26 Å². The third-order valence-corrected chi connectivity index (χ3v) is 4.52. The maximum absolute atomic E-state index is 11.8. The van der Waals surface area contributed by atoms with E-state index >= 15 is 0 Å². The highest BCUT2D eigenvalue weighted by molar-refractivity contribution is 5.75. The number of aliphatic hydroxyl groups excluding tert-OH is 1. The fourth-order valence-corrected chi connectivity index (χ4v) is 2.93. The van der Waals surface area contributed by atoms with Gasteiger partial charge in [-0.25, -0.2) is 0 Å². The number of β-amino-alcohol motifs (C(OH)–C–C–N with tert-alkyl or cyclic N) is 1. The van der Waals surface area contributed by atoms with Gasteiger partial charge < -0.3 is 14.9 Å². The molecule has 1 aromatic carbocycles. The Morgan fingerprint density at radius 2 is 1.96 bits per heavy atom. The summed E-state index contributed by atoms with van der Waals surface area (Å²) in [5.41, 5.74) is 1.45. The summed E-state index contributed by atoms with van der Waals surface area (Å²) in [5, 5.41) is 19.1. The number of carbonyl (C=O) groups excluding carboxylic acids is 1. The van der Waals surface area contributed by atoms with Gasteiger partial charge in [0.2, 0.25) is 5.91 Å². The Morgan fingerprint density at radius 1 is 1.35 bits per heavy atom. The molecule has 124 valence electrons. The molecular weight excluding hydrogens is 290 g/mol. The fourth-order valence-electron chi connectivity index (χ4n) is 2.93. The lowest BCUT2D eigenvalue weighted by molar-refractivity contribution is -0.130. The molecule has 5 nitrogen and oxygen atoms in total. The first kappa shape index (κ1) is 17.5. The first-order chi connectivity index (χ1) is 11.0. The molecule has 2 rings (SSSR count). The molecule has 1 fully saturated rings. The van der Waals surface area contributed by atoms with Crippen LogP contribution in [0.1, 0.15) is 36.5 Å². The van der Waals surface area contributed by atoms with Gasteiger partial charge in [-0.3, -0.25) is 4.79 Å². The molecule has 1 saturated heterocycles. The zero-order chi connectivity index (χ0) is 16.8. The molecule has 1 aliphatic rings. The van der Waals surface area contributed by atoms with E-state index in [0.717, 1.165) is 31.5 Å². The zero-order valence-electron chi connectivity index (χ0n) is 13.9. The first-order valence-corrected chi connectivity index (χ1v) is 8.10. The smallest absolute Gasteiger partial charge is 0.222 e. The normalized spacial score (nSPS) is 17.5. The predicted octanol–water partition coefficient (Wildman–Crippen LogP) is 1.78. The maximum atomic E-state index is 11.8. The highest BCUT2D eigenvalue weighted by atomic mass is 16.3. The lowest BCUT2D eigenvalue weighted by Gasteiger charge is -2.33. The van der Waals surface area contributed by atoms with Gasteiger partial charge in [-0.05, 0) is 49.5 Å². The number of benzene rings is 1. The molecule has 1 heterocycles. The summed E-state index contributed by atoms with van der Waals surface area (Å²) < 4.78 is 0. The van der Waals surface area contributed by atoms with Crippen LogP contribution in [0.4, 0.5) is 0 Å². The average molecular weight is 315 g/mol. The van der Waals surface area contributed by atoms with Gasteiger partial charge in [0.15, 0.2) is 0 Å². The van der Waals surface area contributed by atoms with Crippen LogP contribution in [0.25, 0.3) is 0 Å². The number of hydrogen-bond donors (Lipinski definition) is 1. The van der Waals surface area contributed by atoms with Crippen molar-refractivity contribution in [1.82, 2.24) is 9.80 Å². The largest absolute Gasteiger partial charge is 0.387 e. The average Bonchev–Trinajstić information content (AvgIpc) is 2.56. The first-order valence-electron chi connectivity index (χ1n) is 8.10. The molecular formula is C18H25N3O2. The van der Waals surface area contributed by atoms with Crippen LogP contribution in [0, 0.1) is 17.2 Å².